The van der Waals surface area contributed by atoms with Crippen LogP contribution in [0.25, 0.3) is 0 Å². The third-order valence-corrected chi connectivity index (χ3v) is 2.67. The molecule has 0 saturated carbocycles. The summed E-state index contributed by atoms with van der Waals surface area (Å²) in [4.78, 5) is 2.30. The second-order valence-corrected chi connectivity index (χ2v) is 4.67. The molecule has 1 rings (SSSR count). The quantitative estimate of drug-likeness (QED) is 0.589. The molecule has 0 bridgehead atoms. The third-order valence-electron chi connectivity index (χ3n) is 2.67. The third kappa shape index (κ3) is 2.19. The Hall–Kier alpha value is -0.110. The average molecular weight is 173 g/mol. The molecule has 0 amide bonds. The van der Waals surface area contributed by atoms with Crippen LogP contribution in [0.4, 0.5) is 4.39 Å². The molecule has 1 fully saturated rings. The lowest BCUT2D eigenvalue weighted by Gasteiger charge is -2.43. The first-order valence-electron chi connectivity index (χ1n) is 4.88. The summed E-state index contributed by atoms with van der Waals surface area (Å²) in [6.07, 6.45) is 3.46. The second kappa shape index (κ2) is 3.73. The highest BCUT2D eigenvalue weighted by Crippen LogP contribution is 2.25. The van der Waals surface area contributed by atoms with E-state index in [1.807, 2.05) is 0 Å². The minimum Gasteiger partial charge on any atom is -0.293 e. The number of piperidine rings is 1. The van der Waals surface area contributed by atoms with Crippen molar-refractivity contribution in [1.29, 1.82) is 0 Å². The number of rotatable bonds is 1. The highest BCUT2D eigenvalue weighted by Gasteiger charge is 2.30. The van der Waals surface area contributed by atoms with E-state index < -0.39 is 0 Å². The Bertz CT molecular complexity index is 139. The highest BCUT2D eigenvalue weighted by molar-refractivity contribution is 4.85. The first-order valence-corrected chi connectivity index (χ1v) is 4.88. The van der Waals surface area contributed by atoms with E-state index in [2.05, 4.69) is 25.7 Å². The second-order valence-electron chi connectivity index (χ2n) is 4.67. The molecule has 0 aromatic rings. The van der Waals surface area contributed by atoms with Crippen molar-refractivity contribution in [1.82, 2.24) is 4.90 Å². The summed E-state index contributed by atoms with van der Waals surface area (Å²) in [5.41, 5.74) is 0.136. The summed E-state index contributed by atoms with van der Waals surface area (Å²) in [6.45, 7) is 7.39. The standard InChI is InChI=1S/C10H20FN/c1-10(2,3)12-7-5-4-6-9(12)8-11/h9H,4-8H2,1-3H3. The zero-order chi connectivity index (χ0) is 9.19. The Kier molecular flexibility index (Phi) is 3.10. The van der Waals surface area contributed by atoms with E-state index in [9.17, 15) is 4.39 Å². The van der Waals surface area contributed by atoms with Crippen LogP contribution >= 0.6 is 0 Å². The Balaban J connectivity index is 2.59. The van der Waals surface area contributed by atoms with Gasteiger partial charge in [-0.1, -0.05) is 6.42 Å². The number of hydrogen-bond acceptors (Lipinski definition) is 1. The smallest absolute Gasteiger partial charge is 0.105 e. The fourth-order valence-corrected chi connectivity index (χ4v) is 2.04. The molecule has 2 heteroatoms. The summed E-state index contributed by atoms with van der Waals surface area (Å²) >= 11 is 0. The first kappa shape index (κ1) is 9.97. The molecule has 12 heavy (non-hydrogen) atoms. The fourth-order valence-electron chi connectivity index (χ4n) is 2.04. The van der Waals surface area contributed by atoms with Gasteiger partial charge < -0.3 is 0 Å². The number of nitrogens with zero attached hydrogens (tertiary/aromatic N) is 1. The van der Waals surface area contributed by atoms with Gasteiger partial charge in [-0.05, 0) is 40.2 Å². The molecule has 0 aliphatic carbocycles. The van der Waals surface area contributed by atoms with E-state index >= 15 is 0 Å². The van der Waals surface area contributed by atoms with Gasteiger partial charge in [-0.15, -0.1) is 0 Å². The zero-order valence-corrected chi connectivity index (χ0v) is 8.44. The summed E-state index contributed by atoms with van der Waals surface area (Å²) in [6, 6.07) is 0.179. The molecule has 72 valence electrons. The predicted octanol–water partition coefficient (Wildman–Crippen LogP) is 2.61. The molecule has 1 aliphatic heterocycles. The molecule has 0 N–H and O–H groups in total. The van der Waals surface area contributed by atoms with Crippen LogP contribution in [0.5, 0.6) is 0 Å². The predicted molar refractivity (Wildman–Crippen MR) is 50.1 cm³/mol. The van der Waals surface area contributed by atoms with Crippen LogP contribution in [-0.4, -0.2) is 29.7 Å². The van der Waals surface area contributed by atoms with Crippen molar-refractivity contribution in [3.8, 4) is 0 Å². The van der Waals surface area contributed by atoms with Gasteiger partial charge in [0.15, 0.2) is 0 Å². The number of alkyl halides is 1. The highest BCUT2D eigenvalue weighted by atomic mass is 19.1. The molecule has 1 saturated heterocycles. The van der Waals surface area contributed by atoms with Crippen LogP contribution in [0, 0.1) is 0 Å². The van der Waals surface area contributed by atoms with Crippen molar-refractivity contribution in [3.05, 3.63) is 0 Å². The topological polar surface area (TPSA) is 3.24 Å². The minimum atomic E-state index is -0.183. The van der Waals surface area contributed by atoms with E-state index in [4.69, 9.17) is 0 Å². The van der Waals surface area contributed by atoms with Gasteiger partial charge in [-0.3, -0.25) is 4.90 Å². The molecule has 1 unspecified atom stereocenters. The van der Waals surface area contributed by atoms with E-state index in [0.29, 0.717) is 0 Å². The number of likely N-dealkylation sites (tertiary alicyclic amines) is 1. The Morgan fingerprint density at radius 3 is 2.42 bits per heavy atom. The molecule has 0 spiro atoms. The van der Waals surface area contributed by atoms with E-state index in [1.54, 1.807) is 0 Å². The number of halogens is 1. The zero-order valence-electron chi connectivity index (χ0n) is 8.44. The maximum Gasteiger partial charge on any atom is 0.105 e. The molecule has 0 aromatic heterocycles. The van der Waals surface area contributed by atoms with Gasteiger partial charge in [-0.25, -0.2) is 4.39 Å². The van der Waals surface area contributed by atoms with Gasteiger partial charge in [0.2, 0.25) is 0 Å². The molecular weight excluding hydrogens is 153 g/mol. The van der Waals surface area contributed by atoms with Crippen molar-refractivity contribution in [2.75, 3.05) is 13.2 Å². The minimum absolute atomic E-state index is 0.136. The van der Waals surface area contributed by atoms with Crippen molar-refractivity contribution in [3.63, 3.8) is 0 Å². The maximum absolute atomic E-state index is 12.6. The molecule has 1 aliphatic rings. The van der Waals surface area contributed by atoms with Crippen LogP contribution < -0.4 is 0 Å². The van der Waals surface area contributed by atoms with Crippen LogP contribution in [0.15, 0.2) is 0 Å². The first-order chi connectivity index (χ1) is 5.55. The maximum atomic E-state index is 12.6. The average Bonchev–Trinajstić information content (AvgIpc) is 2.03. The molecule has 0 radical (unpaired) electrons. The van der Waals surface area contributed by atoms with Crippen LogP contribution in [0.3, 0.4) is 0 Å². The van der Waals surface area contributed by atoms with Gasteiger partial charge >= 0.3 is 0 Å². The van der Waals surface area contributed by atoms with E-state index in [0.717, 1.165) is 13.0 Å². The van der Waals surface area contributed by atoms with Crippen molar-refractivity contribution < 1.29 is 4.39 Å². The van der Waals surface area contributed by atoms with E-state index in [1.165, 1.54) is 12.8 Å². The van der Waals surface area contributed by atoms with Crippen molar-refractivity contribution in [2.24, 2.45) is 0 Å². The monoisotopic (exact) mass is 173 g/mol. The lowest BCUT2D eigenvalue weighted by atomic mass is 9.95. The lowest BCUT2D eigenvalue weighted by Crippen LogP contribution is -2.51. The fraction of sp³-hybridized carbons (Fsp3) is 1.00. The van der Waals surface area contributed by atoms with Gasteiger partial charge in [0.25, 0.3) is 0 Å². The molecule has 1 atom stereocenters. The largest absolute Gasteiger partial charge is 0.293 e. The van der Waals surface area contributed by atoms with Gasteiger partial charge in [-0.2, -0.15) is 0 Å². The van der Waals surface area contributed by atoms with Crippen LogP contribution in [0.1, 0.15) is 40.0 Å². The van der Waals surface area contributed by atoms with Crippen molar-refractivity contribution >= 4 is 0 Å². The molecule has 1 nitrogen and oxygen atoms in total. The Morgan fingerprint density at radius 1 is 1.33 bits per heavy atom. The summed E-state index contributed by atoms with van der Waals surface area (Å²) in [7, 11) is 0. The number of hydrogen-bond donors (Lipinski definition) is 0. The summed E-state index contributed by atoms with van der Waals surface area (Å²) in [5.74, 6) is 0. The van der Waals surface area contributed by atoms with E-state index in [-0.39, 0.29) is 18.3 Å². The van der Waals surface area contributed by atoms with Crippen LogP contribution in [0.2, 0.25) is 0 Å². The molecular formula is C10H20FN. The van der Waals surface area contributed by atoms with Crippen LogP contribution in [-0.2, 0) is 0 Å². The van der Waals surface area contributed by atoms with Gasteiger partial charge in [0.1, 0.15) is 6.67 Å². The summed E-state index contributed by atoms with van der Waals surface area (Å²) < 4.78 is 12.6. The Labute approximate surface area is 74.9 Å². The van der Waals surface area contributed by atoms with Gasteiger partial charge in [0.05, 0.1) is 0 Å². The SMILES string of the molecule is CC(C)(C)N1CCCCC1CF. The molecule has 0 aromatic carbocycles. The van der Waals surface area contributed by atoms with Crippen molar-refractivity contribution in [2.45, 2.75) is 51.6 Å². The molecule has 1 heterocycles. The Morgan fingerprint density at radius 2 is 2.00 bits per heavy atom. The van der Waals surface area contributed by atoms with Gasteiger partial charge in [0, 0.05) is 11.6 Å². The lowest BCUT2D eigenvalue weighted by molar-refractivity contribution is 0.0385. The summed E-state index contributed by atoms with van der Waals surface area (Å²) in [5, 5.41) is 0. The normalized spacial score (nSPS) is 27.5.